The molecule has 0 saturated carbocycles. The Morgan fingerprint density at radius 1 is 1.19 bits per heavy atom. The van der Waals surface area contributed by atoms with Crippen molar-refractivity contribution in [3.63, 3.8) is 0 Å². The zero-order chi connectivity index (χ0) is 19.2. The fourth-order valence-corrected chi connectivity index (χ4v) is 3.23. The summed E-state index contributed by atoms with van der Waals surface area (Å²) in [4.78, 5) is 16.7. The molecular formula is C20H21FN4OS. The van der Waals surface area contributed by atoms with Crippen molar-refractivity contribution < 1.29 is 9.18 Å². The maximum atomic E-state index is 12.9. The molecule has 0 aliphatic rings. The number of H-pyrrole nitrogens is 1. The highest BCUT2D eigenvalue weighted by Gasteiger charge is 2.17. The number of hydrogen-bond acceptors (Lipinski definition) is 4. The van der Waals surface area contributed by atoms with Gasteiger partial charge in [0, 0.05) is 12.1 Å². The molecular weight excluding hydrogens is 363 g/mol. The average Bonchev–Trinajstić information content (AvgIpc) is 3.12. The Labute approximate surface area is 161 Å². The van der Waals surface area contributed by atoms with Gasteiger partial charge in [-0.2, -0.15) is 0 Å². The Morgan fingerprint density at radius 2 is 1.89 bits per heavy atom. The van der Waals surface area contributed by atoms with E-state index < -0.39 is 0 Å². The summed E-state index contributed by atoms with van der Waals surface area (Å²) in [6, 6.07) is 14.3. The minimum atomic E-state index is -0.320. The summed E-state index contributed by atoms with van der Waals surface area (Å²) in [6.07, 6.45) is 0.654. The van der Waals surface area contributed by atoms with Crippen molar-refractivity contribution in [3.05, 3.63) is 65.5 Å². The summed E-state index contributed by atoms with van der Waals surface area (Å²) in [5, 5.41) is 10.2. The Morgan fingerprint density at radius 3 is 2.59 bits per heavy atom. The molecule has 0 radical (unpaired) electrons. The predicted molar refractivity (Wildman–Crippen MR) is 105 cm³/mol. The van der Waals surface area contributed by atoms with Gasteiger partial charge in [0.25, 0.3) is 0 Å². The molecule has 2 aromatic carbocycles. The number of aryl methyl sites for hydroxylation is 1. The molecule has 0 fully saturated rings. The highest BCUT2D eigenvalue weighted by molar-refractivity contribution is 8.00. The fourth-order valence-electron chi connectivity index (χ4n) is 2.48. The van der Waals surface area contributed by atoms with Crippen LogP contribution in [0.5, 0.6) is 0 Å². The number of thioether (sulfide) groups is 1. The van der Waals surface area contributed by atoms with Crippen molar-refractivity contribution in [2.24, 2.45) is 0 Å². The molecule has 140 valence electrons. The van der Waals surface area contributed by atoms with Gasteiger partial charge < -0.3 is 5.32 Å². The second-order valence-corrected chi connectivity index (χ2v) is 7.57. The maximum Gasteiger partial charge on any atom is 0.233 e. The molecule has 7 heteroatoms. The largest absolute Gasteiger partial charge is 0.355 e. The number of benzene rings is 2. The standard InChI is InChI=1S/C20H21FN4OS/c1-13-3-7-16(8-4-13)18-23-20(25-24-18)27-14(2)19(26)22-12-11-15-5-9-17(21)10-6-15/h3-10,14H,11-12H2,1-2H3,(H,22,26)(H,23,24,25)/t14-/m0/s1. The van der Waals surface area contributed by atoms with Crippen LogP contribution < -0.4 is 5.32 Å². The first-order chi connectivity index (χ1) is 13.0. The molecule has 2 N–H and O–H groups in total. The number of carbonyl (C=O) groups is 1. The van der Waals surface area contributed by atoms with Crippen LogP contribution >= 0.6 is 11.8 Å². The van der Waals surface area contributed by atoms with Crippen LogP contribution in [0, 0.1) is 12.7 Å². The minimum Gasteiger partial charge on any atom is -0.355 e. The number of rotatable bonds is 7. The lowest BCUT2D eigenvalue weighted by molar-refractivity contribution is -0.120. The van der Waals surface area contributed by atoms with Crippen LogP contribution in [0.1, 0.15) is 18.1 Å². The van der Waals surface area contributed by atoms with E-state index in [-0.39, 0.29) is 17.0 Å². The number of nitrogens with zero attached hydrogens (tertiary/aromatic N) is 2. The number of aromatic amines is 1. The molecule has 0 unspecified atom stereocenters. The van der Waals surface area contributed by atoms with Gasteiger partial charge in [-0.1, -0.05) is 53.7 Å². The predicted octanol–water partition coefficient (Wildman–Crippen LogP) is 3.76. The number of amides is 1. The summed E-state index contributed by atoms with van der Waals surface area (Å²) in [7, 11) is 0. The average molecular weight is 384 g/mol. The second kappa shape index (κ2) is 8.81. The van der Waals surface area contributed by atoms with Gasteiger partial charge in [-0.15, -0.1) is 5.10 Å². The van der Waals surface area contributed by atoms with Gasteiger partial charge in [0.2, 0.25) is 11.1 Å². The number of hydrogen-bond donors (Lipinski definition) is 2. The zero-order valence-electron chi connectivity index (χ0n) is 15.2. The summed E-state index contributed by atoms with van der Waals surface area (Å²) in [6.45, 7) is 4.35. The lowest BCUT2D eigenvalue weighted by Gasteiger charge is -2.10. The van der Waals surface area contributed by atoms with Crippen molar-refractivity contribution in [2.45, 2.75) is 30.7 Å². The SMILES string of the molecule is Cc1ccc(-c2nc(S[C@@H](C)C(=O)NCCc3ccc(F)cc3)n[nH]2)cc1. The molecule has 0 bridgehead atoms. The van der Waals surface area contributed by atoms with E-state index in [1.54, 1.807) is 12.1 Å². The number of carbonyl (C=O) groups excluding carboxylic acids is 1. The summed E-state index contributed by atoms with van der Waals surface area (Å²) in [5.41, 5.74) is 3.11. The Bertz CT molecular complexity index is 893. The minimum absolute atomic E-state index is 0.0798. The normalized spacial score (nSPS) is 12.0. The molecule has 5 nitrogen and oxygen atoms in total. The van der Waals surface area contributed by atoms with E-state index in [1.807, 2.05) is 38.1 Å². The van der Waals surface area contributed by atoms with Crippen LogP contribution in [0.15, 0.2) is 53.7 Å². The van der Waals surface area contributed by atoms with Crippen molar-refractivity contribution >= 4 is 17.7 Å². The Balaban J connectivity index is 1.49. The van der Waals surface area contributed by atoms with Crippen molar-refractivity contribution in [3.8, 4) is 11.4 Å². The maximum absolute atomic E-state index is 12.9. The van der Waals surface area contributed by atoms with Crippen LogP contribution in [-0.2, 0) is 11.2 Å². The summed E-state index contributed by atoms with van der Waals surface area (Å²) in [5.74, 6) is 0.342. The van der Waals surface area contributed by atoms with E-state index in [2.05, 4.69) is 20.5 Å². The molecule has 0 spiro atoms. The third-order valence-electron chi connectivity index (χ3n) is 4.07. The molecule has 0 aliphatic heterocycles. The van der Waals surface area contributed by atoms with Gasteiger partial charge in [-0.05, 0) is 38.0 Å². The lowest BCUT2D eigenvalue weighted by atomic mass is 10.1. The molecule has 1 heterocycles. The van der Waals surface area contributed by atoms with E-state index in [1.165, 1.54) is 29.5 Å². The monoisotopic (exact) mass is 384 g/mol. The zero-order valence-corrected chi connectivity index (χ0v) is 16.0. The quantitative estimate of drug-likeness (QED) is 0.609. The molecule has 3 aromatic rings. The van der Waals surface area contributed by atoms with Crippen LogP contribution in [-0.4, -0.2) is 32.9 Å². The molecule has 1 amide bonds. The van der Waals surface area contributed by atoms with E-state index in [9.17, 15) is 9.18 Å². The first-order valence-electron chi connectivity index (χ1n) is 8.69. The highest BCUT2D eigenvalue weighted by Crippen LogP contribution is 2.23. The van der Waals surface area contributed by atoms with Gasteiger partial charge in [0.05, 0.1) is 5.25 Å². The number of nitrogens with one attached hydrogen (secondary N) is 2. The molecule has 3 rings (SSSR count). The van der Waals surface area contributed by atoms with Gasteiger partial charge in [0.15, 0.2) is 5.82 Å². The van der Waals surface area contributed by atoms with E-state index >= 15 is 0 Å². The fraction of sp³-hybridized carbons (Fsp3) is 0.250. The van der Waals surface area contributed by atoms with E-state index in [4.69, 9.17) is 0 Å². The highest BCUT2D eigenvalue weighted by atomic mass is 32.2. The Kier molecular flexibility index (Phi) is 6.24. The second-order valence-electron chi connectivity index (χ2n) is 6.26. The van der Waals surface area contributed by atoms with E-state index in [0.29, 0.717) is 23.9 Å². The van der Waals surface area contributed by atoms with Gasteiger partial charge in [-0.25, -0.2) is 9.37 Å². The summed E-state index contributed by atoms with van der Waals surface area (Å²) >= 11 is 1.30. The van der Waals surface area contributed by atoms with Crippen LogP contribution in [0.3, 0.4) is 0 Å². The molecule has 1 aromatic heterocycles. The first kappa shape index (κ1) is 19.1. The van der Waals surface area contributed by atoms with Crippen molar-refractivity contribution in [1.82, 2.24) is 20.5 Å². The van der Waals surface area contributed by atoms with Gasteiger partial charge in [0.1, 0.15) is 5.82 Å². The third kappa shape index (κ3) is 5.40. The van der Waals surface area contributed by atoms with E-state index in [0.717, 1.165) is 11.1 Å². The van der Waals surface area contributed by atoms with Crippen LogP contribution in [0.25, 0.3) is 11.4 Å². The lowest BCUT2D eigenvalue weighted by Crippen LogP contribution is -2.32. The molecule has 0 aliphatic carbocycles. The molecule has 27 heavy (non-hydrogen) atoms. The molecule has 1 atom stereocenters. The van der Waals surface area contributed by atoms with Gasteiger partial charge >= 0.3 is 0 Å². The van der Waals surface area contributed by atoms with Crippen LogP contribution in [0.2, 0.25) is 0 Å². The topological polar surface area (TPSA) is 70.7 Å². The first-order valence-corrected chi connectivity index (χ1v) is 9.57. The molecule has 0 saturated heterocycles. The Hall–Kier alpha value is -2.67. The van der Waals surface area contributed by atoms with Gasteiger partial charge in [-0.3, -0.25) is 9.89 Å². The summed E-state index contributed by atoms with van der Waals surface area (Å²) < 4.78 is 12.9. The van der Waals surface area contributed by atoms with Crippen molar-refractivity contribution in [1.29, 1.82) is 0 Å². The van der Waals surface area contributed by atoms with Crippen LogP contribution in [0.4, 0.5) is 4.39 Å². The number of halogens is 1. The third-order valence-corrected chi connectivity index (χ3v) is 5.03. The number of aromatic nitrogens is 3. The van der Waals surface area contributed by atoms with Crippen molar-refractivity contribution in [2.75, 3.05) is 6.54 Å². The smallest absolute Gasteiger partial charge is 0.233 e.